The van der Waals surface area contributed by atoms with Gasteiger partial charge in [-0.3, -0.25) is 23.7 Å². The molecule has 0 spiro atoms. The molecule has 0 fully saturated rings. The number of rotatable bonds is 14. The molecule has 16 rings (SSSR count). The Morgan fingerprint density at radius 1 is 0.202 bits per heavy atom. The first-order valence-electron chi connectivity index (χ1n) is 33.3. The van der Waals surface area contributed by atoms with Crippen molar-refractivity contribution >= 4 is 118 Å². The summed E-state index contributed by atoms with van der Waals surface area (Å²) in [5.74, 6) is 12.3. The van der Waals surface area contributed by atoms with Crippen LogP contribution in [0, 0.1) is 49.4 Å². The molecule has 10 heteroatoms. The second-order valence-corrected chi connectivity index (χ2v) is 35.2. The van der Waals surface area contributed by atoms with Crippen molar-refractivity contribution in [3.63, 3.8) is 0 Å². The van der Waals surface area contributed by atoms with Crippen molar-refractivity contribution < 1.29 is 89.5 Å². The van der Waals surface area contributed by atoms with Crippen LogP contribution in [0.2, 0.25) is 0 Å². The van der Waals surface area contributed by atoms with E-state index < -0.39 is 31.7 Å². The van der Waals surface area contributed by atoms with E-state index in [2.05, 4.69) is 300 Å². The fourth-order valence-electron chi connectivity index (χ4n) is 13.0. The first-order valence-corrected chi connectivity index (χ1v) is 40.1. The maximum absolute atomic E-state index is 7.38. The normalized spacial score (nSPS) is 10.4. The molecule has 516 valence electrons. The largest absolute Gasteiger partial charge is 1.00 e. The third kappa shape index (κ3) is 19.4. The van der Waals surface area contributed by atoms with Crippen LogP contribution < -0.4 is 42.4 Å². The summed E-state index contributed by atoms with van der Waals surface area (Å²) in [6, 6.07) is 133. The summed E-state index contributed by atoms with van der Waals surface area (Å²) in [5, 5.41) is 16.2. The summed E-state index contributed by atoms with van der Waals surface area (Å²) in [6.07, 6.45) is 29.5. The van der Waals surface area contributed by atoms with E-state index in [1.54, 1.807) is 0 Å². The van der Waals surface area contributed by atoms with Gasteiger partial charge in [-0.2, -0.15) is 0 Å². The Kier molecular flexibility index (Phi) is 30.8. The maximum Gasteiger partial charge on any atom is 1.00 e. The van der Waals surface area contributed by atoms with Crippen molar-refractivity contribution in [2.24, 2.45) is 0 Å². The monoisotopic (exact) mass is 2140 g/mol. The molecule has 16 aromatic rings. The van der Waals surface area contributed by atoms with Gasteiger partial charge in [-0.1, -0.05) is 206 Å². The summed E-state index contributed by atoms with van der Waals surface area (Å²) in [7, 11) is -3.39. The van der Waals surface area contributed by atoms with E-state index in [4.69, 9.17) is 25.7 Å². The fraction of sp³-hybridized carbons (Fsp3) is 0.0213. The third-order valence-electron chi connectivity index (χ3n) is 17.8. The van der Waals surface area contributed by atoms with Gasteiger partial charge in [0, 0.05) is 11.4 Å². The second-order valence-electron chi connectivity index (χ2n) is 24.0. The number of hydrogen-bond donors (Lipinski definition) is 0. The second kappa shape index (κ2) is 40.2. The first kappa shape index (κ1) is 79.7. The molecule has 14 aromatic carbocycles. The Labute approximate surface area is 680 Å². The zero-order valence-electron chi connectivity index (χ0n) is 56.3. The molecule has 2 nitrogen and oxygen atoms in total. The van der Waals surface area contributed by atoms with Crippen LogP contribution in [0.5, 0.6) is 0 Å². The molecule has 0 unspecified atom stereocenters. The molecular formula is C94H70Au4N2P4+4. The number of nitrogens with zero attached hydrogens (tertiary/aromatic N) is 2. The molecule has 0 aliphatic carbocycles. The number of hydrogen-bond acceptors (Lipinski definition) is 0. The van der Waals surface area contributed by atoms with Crippen LogP contribution in [-0.2, 0) is 89.5 Å². The van der Waals surface area contributed by atoms with Gasteiger partial charge in [-0.05, 0) is 143 Å². The summed E-state index contributed by atoms with van der Waals surface area (Å²) in [4.78, 5) is 0. The number of para-hydroxylation sites is 2. The fourth-order valence-corrected chi connectivity index (χ4v) is 28.5. The number of fused-ring (bicyclic) bond motifs is 6. The van der Waals surface area contributed by atoms with Gasteiger partial charge in [-0.25, -0.2) is 0 Å². The van der Waals surface area contributed by atoms with Gasteiger partial charge in [0.05, 0.1) is 22.1 Å². The smallest absolute Gasteiger partial charge is 0.366 e. The van der Waals surface area contributed by atoms with Gasteiger partial charge in [-0.15, -0.1) is 70.8 Å². The van der Waals surface area contributed by atoms with E-state index in [1.807, 2.05) is 109 Å². The van der Waals surface area contributed by atoms with E-state index in [1.165, 1.54) is 54.2 Å². The van der Waals surface area contributed by atoms with Crippen LogP contribution in [0.3, 0.4) is 0 Å². The van der Waals surface area contributed by atoms with Crippen molar-refractivity contribution in [1.82, 2.24) is 9.13 Å². The molecule has 0 radical (unpaired) electrons. The summed E-state index contributed by atoms with van der Waals surface area (Å²) >= 11 is 0. The van der Waals surface area contributed by atoms with E-state index >= 15 is 0 Å². The first-order chi connectivity index (χ1) is 49.5. The maximum atomic E-state index is 7.38. The molecule has 2 heterocycles. The molecule has 0 bridgehead atoms. The Bertz CT molecular complexity index is 4720. The SMILES string of the molecule is [Au+].[Au+].[Au+].[Au+].[C-]#Cc1ccc2c(c1)c1cc(C#[C-])ccc1n2-c1ccccc1.[C-]#Cc1ccc2c(c1)c1cc(C#[C-])ccc1n2-c1ccccc1.c1ccc([PH+](C[PH+](c2ccccc2)c2ccccc2)c2ccccc2)cc1.c1ccc([PH+](C[PH+](c2ccccc2)c2ccccc2)c2ccccc2)cc1. The van der Waals surface area contributed by atoms with E-state index in [9.17, 15) is 0 Å². The minimum absolute atomic E-state index is 0. The van der Waals surface area contributed by atoms with Crippen LogP contribution in [0.25, 0.3) is 55.0 Å². The molecule has 0 aliphatic rings. The number of aromatic nitrogens is 2. The van der Waals surface area contributed by atoms with Crippen LogP contribution in [0.1, 0.15) is 22.3 Å². The van der Waals surface area contributed by atoms with Crippen molar-refractivity contribution in [1.29, 1.82) is 0 Å². The van der Waals surface area contributed by atoms with E-state index in [0.717, 1.165) is 77.2 Å². The molecule has 0 amide bonds. The molecule has 2 aromatic heterocycles. The summed E-state index contributed by atoms with van der Waals surface area (Å²) < 4.78 is 4.40. The van der Waals surface area contributed by atoms with Crippen LogP contribution in [0.15, 0.2) is 376 Å². The molecule has 0 saturated carbocycles. The number of benzene rings is 14. The van der Waals surface area contributed by atoms with Crippen molar-refractivity contribution in [2.75, 3.05) is 11.8 Å². The van der Waals surface area contributed by atoms with Crippen LogP contribution in [0.4, 0.5) is 0 Å². The quantitative estimate of drug-likeness (QED) is 0.0444. The Morgan fingerprint density at radius 3 is 0.510 bits per heavy atom. The topological polar surface area (TPSA) is 9.86 Å². The zero-order chi connectivity index (χ0) is 68.2. The predicted molar refractivity (Wildman–Crippen MR) is 438 cm³/mol. The average Bonchev–Trinajstić information content (AvgIpc) is 1.60. The predicted octanol–water partition coefficient (Wildman–Crippen LogP) is 18.7. The molecule has 0 N–H and O–H groups in total. The van der Waals surface area contributed by atoms with Gasteiger partial charge in [0.2, 0.25) is 0 Å². The van der Waals surface area contributed by atoms with Gasteiger partial charge in [0.1, 0.15) is 74.1 Å². The minimum Gasteiger partial charge on any atom is -0.366 e. The minimum atomic E-state index is -0.847. The summed E-state index contributed by atoms with van der Waals surface area (Å²) in [6.45, 7) is 0. The van der Waals surface area contributed by atoms with Crippen LogP contribution in [-0.4, -0.2) is 20.9 Å². The standard InChI is InChI=1S/2C25H22P2.2C22H11N.4Au/c2*1-5-13-22(14-6-1)26(23-15-7-2-8-16-23)21-27(24-17-9-3-10-18-24)25-19-11-4-12-20-25;2*1-3-16-10-12-21-19(14-16)20-15-17(4-2)11-13-22(20)23(21)18-8-6-5-7-9-18;;;;/h2*1-20H,21H2;2*5-15H;;;;/q;;2*-2;4*+1/p+4. The molecule has 0 atom stereocenters. The van der Waals surface area contributed by atoms with Gasteiger partial charge in [0.25, 0.3) is 0 Å². The van der Waals surface area contributed by atoms with E-state index in [0.29, 0.717) is 0 Å². The van der Waals surface area contributed by atoms with Crippen molar-refractivity contribution in [2.45, 2.75) is 0 Å². The van der Waals surface area contributed by atoms with Crippen molar-refractivity contribution in [3.05, 3.63) is 424 Å². The van der Waals surface area contributed by atoms with Crippen LogP contribution >= 0.6 is 31.7 Å². The Morgan fingerprint density at radius 2 is 0.356 bits per heavy atom. The van der Waals surface area contributed by atoms with Gasteiger partial charge in [0.15, 0.2) is 11.8 Å². The van der Waals surface area contributed by atoms with Crippen molar-refractivity contribution in [3.8, 4) is 35.1 Å². The molecule has 104 heavy (non-hydrogen) atoms. The Balaban J connectivity index is 0.000000159. The van der Waals surface area contributed by atoms with Gasteiger partial charge >= 0.3 is 89.5 Å². The van der Waals surface area contributed by atoms with Gasteiger partial charge < -0.3 is 34.8 Å². The molecule has 0 aliphatic heterocycles. The zero-order valence-corrected chi connectivity index (χ0v) is 69.0. The Hall–Kier alpha value is -8.40. The average molecular weight is 2140 g/mol. The summed E-state index contributed by atoms with van der Waals surface area (Å²) in [5.41, 5.74) is 9.46. The third-order valence-corrected chi connectivity index (χ3v) is 31.7. The molecular weight excluding hydrogens is 2070 g/mol. The molecule has 0 saturated heterocycles. The van der Waals surface area contributed by atoms with E-state index in [-0.39, 0.29) is 89.5 Å².